The van der Waals surface area contributed by atoms with Crippen molar-refractivity contribution in [1.82, 2.24) is 19.9 Å². The van der Waals surface area contributed by atoms with E-state index in [2.05, 4.69) is 89.8 Å². The Kier molecular flexibility index (Phi) is 12.9. The molecule has 0 saturated carbocycles. The highest BCUT2D eigenvalue weighted by atomic mass is 16.7. The molecule has 0 bridgehead atoms. The average Bonchev–Trinajstić information content (AvgIpc) is 3.01. The molecular weight excluding hydrogens is 600 g/mol. The zero-order valence-electron chi connectivity index (χ0n) is 31.0. The van der Waals surface area contributed by atoms with E-state index in [0.29, 0.717) is 13.2 Å². The van der Waals surface area contributed by atoms with Gasteiger partial charge in [-0.05, 0) is 105 Å². The summed E-state index contributed by atoms with van der Waals surface area (Å²) in [5.41, 5.74) is 1.45. The molecule has 2 aromatic rings. The summed E-state index contributed by atoms with van der Waals surface area (Å²) in [6.45, 7) is 20.3. The quantitative estimate of drug-likeness (QED) is 0.127. The van der Waals surface area contributed by atoms with Crippen molar-refractivity contribution in [3.63, 3.8) is 0 Å². The van der Waals surface area contributed by atoms with E-state index in [1.54, 1.807) is 0 Å². The average molecular weight is 663 g/mol. The lowest BCUT2D eigenvalue weighted by Crippen LogP contribution is -2.63. The van der Waals surface area contributed by atoms with Gasteiger partial charge < -0.3 is 9.80 Å². The minimum atomic E-state index is -0.214. The first-order chi connectivity index (χ1) is 22.7. The number of piperidine rings is 2. The third-order valence-corrected chi connectivity index (χ3v) is 10.3. The molecule has 0 N–H and O–H groups in total. The van der Waals surface area contributed by atoms with Gasteiger partial charge in [0.1, 0.15) is 0 Å². The van der Waals surface area contributed by atoms with Crippen LogP contribution in [0.2, 0.25) is 0 Å². The fourth-order valence-electron chi connectivity index (χ4n) is 8.60. The lowest BCUT2D eigenvalue weighted by atomic mass is 9.78. The predicted molar refractivity (Wildman–Crippen MR) is 193 cm³/mol. The van der Waals surface area contributed by atoms with E-state index in [4.69, 9.17) is 9.68 Å². The number of carbonyl (C=O) groups is 2. The largest absolute Gasteiger partial charge is 0.342 e. The third-order valence-electron chi connectivity index (χ3n) is 10.3. The van der Waals surface area contributed by atoms with Gasteiger partial charge in [0.05, 0.1) is 13.2 Å². The van der Waals surface area contributed by atoms with Gasteiger partial charge >= 0.3 is 0 Å². The van der Waals surface area contributed by atoms with Gasteiger partial charge in [-0.15, -0.1) is 0 Å². The summed E-state index contributed by atoms with van der Waals surface area (Å²) >= 11 is 0. The van der Waals surface area contributed by atoms with Gasteiger partial charge in [0.25, 0.3) is 0 Å². The molecule has 4 rings (SSSR count). The maximum atomic E-state index is 12.3. The maximum absolute atomic E-state index is 12.3. The topological polar surface area (TPSA) is 65.6 Å². The van der Waals surface area contributed by atoms with Crippen LogP contribution in [0.25, 0.3) is 0 Å². The van der Waals surface area contributed by atoms with Crippen LogP contribution < -0.4 is 0 Å². The normalized spacial score (nSPS) is 21.1. The van der Waals surface area contributed by atoms with Crippen LogP contribution in [-0.2, 0) is 32.5 Å². The van der Waals surface area contributed by atoms with Crippen molar-refractivity contribution in [3.05, 3.63) is 71.8 Å². The molecule has 0 spiro atoms. The number of amides is 2. The minimum Gasteiger partial charge on any atom is -0.342 e. The van der Waals surface area contributed by atoms with Crippen molar-refractivity contribution in [1.29, 1.82) is 0 Å². The SMILES string of the molecule is CC1(C)CC(N(C=O)CCCCCCN(C=O)C2CC(C)(C)N(OCc3ccccc3)C(C)(C)C2)CC(C)(C)N1OCc1ccccc1. The van der Waals surface area contributed by atoms with Crippen LogP contribution in [0.1, 0.15) is 118 Å². The van der Waals surface area contributed by atoms with Crippen molar-refractivity contribution in [2.75, 3.05) is 13.1 Å². The van der Waals surface area contributed by atoms with Crippen LogP contribution in [0.15, 0.2) is 60.7 Å². The number of rotatable bonds is 17. The van der Waals surface area contributed by atoms with E-state index in [0.717, 1.165) is 88.4 Å². The summed E-state index contributed by atoms with van der Waals surface area (Å²) in [7, 11) is 0. The summed E-state index contributed by atoms with van der Waals surface area (Å²) in [6, 6.07) is 20.9. The second kappa shape index (κ2) is 16.3. The number of hydrogen-bond acceptors (Lipinski definition) is 6. The summed E-state index contributed by atoms with van der Waals surface area (Å²) in [5.74, 6) is 0. The highest BCUT2D eigenvalue weighted by Crippen LogP contribution is 2.42. The van der Waals surface area contributed by atoms with Crippen molar-refractivity contribution >= 4 is 12.8 Å². The molecule has 2 aliphatic rings. The summed E-state index contributed by atoms with van der Waals surface area (Å²) in [6.07, 6.45) is 9.53. The first-order valence-electron chi connectivity index (χ1n) is 18.0. The molecule has 2 amide bonds. The van der Waals surface area contributed by atoms with Crippen LogP contribution in [0.4, 0.5) is 0 Å². The number of hydrogen-bond donors (Lipinski definition) is 0. The van der Waals surface area contributed by atoms with Gasteiger partial charge in [0.15, 0.2) is 0 Å². The van der Waals surface area contributed by atoms with Crippen LogP contribution in [0.5, 0.6) is 0 Å². The Hall–Kier alpha value is -2.78. The summed E-state index contributed by atoms with van der Waals surface area (Å²) in [5, 5.41) is 4.32. The molecule has 266 valence electrons. The molecule has 8 nitrogen and oxygen atoms in total. The Bertz CT molecular complexity index is 1150. The Morgan fingerprint density at radius 3 is 1.17 bits per heavy atom. The third kappa shape index (κ3) is 9.90. The van der Waals surface area contributed by atoms with Gasteiger partial charge in [0.2, 0.25) is 12.8 Å². The first kappa shape index (κ1) is 38.0. The standard InChI is InChI=1S/C40H62N4O4/c1-37(2)25-35(26-38(3,4)43(37)47-29-33-19-13-11-14-20-33)41(31-45)23-17-9-10-18-24-42(32-46)36-27-39(5,6)44(40(7,8)28-36)48-30-34-21-15-12-16-22-34/h11-16,19-22,31-32,35-36H,9-10,17-18,23-30H2,1-8H3. The van der Waals surface area contributed by atoms with E-state index in [1.807, 2.05) is 46.2 Å². The molecule has 0 atom stereocenters. The van der Waals surface area contributed by atoms with E-state index >= 15 is 0 Å². The highest BCUT2D eigenvalue weighted by molar-refractivity contribution is 5.48. The summed E-state index contributed by atoms with van der Waals surface area (Å²) < 4.78 is 0. The van der Waals surface area contributed by atoms with Gasteiger partial charge in [-0.2, -0.15) is 10.1 Å². The number of carbonyl (C=O) groups excluding carboxylic acids is 2. The highest BCUT2D eigenvalue weighted by Gasteiger charge is 2.49. The van der Waals surface area contributed by atoms with Gasteiger partial charge in [0, 0.05) is 47.3 Å². The van der Waals surface area contributed by atoms with Crippen LogP contribution in [0, 0.1) is 0 Å². The lowest BCUT2D eigenvalue weighted by Gasteiger charge is -2.55. The number of benzene rings is 2. The number of nitrogens with zero attached hydrogens (tertiary/aromatic N) is 4. The van der Waals surface area contributed by atoms with Gasteiger partial charge in [-0.3, -0.25) is 19.3 Å². The molecule has 2 heterocycles. The fraction of sp³-hybridized carbons (Fsp3) is 0.650. The Balaban J connectivity index is 1.21. The Morgan fingerprint density at radius 1 is 0.562 bits per heavy atom. The molecule has 2 aromatic carbocycles. The van der Waals surface area contributed by atoms with Gasteiger partial charge in [-0.25, -0.2) is 0 Å². The molecule has 8 heteroatoms. The zero-order chi connectivity index (χ0) is 35.0. The molecular formula is C40H62N4O4. The van der Waals surface area contributed by atoms with Crippen molar-refractivity contribution in [3.8, 4) is 0 Å². The number of hydroxylamine groups is 4. The Morgan fingerprint density at radius 2 is 0.875 bits per heavy atom. The molecule has 2 aliphatic heterocycles. The molecule has 0 radical (unpaired) electrons. The molecule has 0 aliphatic carbocycles. The minimum absolute atomic E-state index is 0.170. The van der Waals surface area contributed by atoms with E-state index in [9.17, 15) is 9.59 Å². The van der Waals surface area contributed by atoms with Crippen molar-refractivity contribution in [2.24, 2.45) is 0 Å². The molecule has 2 fully saturated rings. The van der Waals surface area contributed by atoms with E-state index in [-0.39, 0.29) is 34.2 Å². The second-order valence-electron chi connectivity index (χ2n) is 16.6. The Labute approximate surface area is 290 Å². The molecule has 0 aromatic heterocycles. The smallest absolute Gasteiger partial charge is 0.209 e. The monoisotopic (exact) mass is 662 g/mol. The molecule has 2 saturated heterocycles. The van der Waals surface area contributed by atoms with Gasteiger partial charge in [-0.1, -0.05) is 73.5 Å². The van der Waals surface area contributed by atoms with E-state index < -0.39 is 0 Å². The second-order valence-corrected chi connectivity index (χ2v) is 16.6. The maximum Gasteiger partial charge on any atom is 0.209 e. The first-order valence-corrected chi connectivity index (χ1v) is 18.0. The lowest BCUT2D eigenvalue weighted by molar-refractivity contribution is -0.294. The van der Waals surface area contributed by atoms with Crippen LogP contribution >= 0.6 is 0 Å². The molecule has 0 unspecified atom stereocenters. The van der Waals surface area contributed by atoms with Crippen LogP contribution in [0.3, 0.4) is 0 Å². The zero-order valence-corrected chi connectivity index (χ0v) is 31.0. The van der Waals surface area contributed by atoms with Crippen molar-refractivity contribution in [2.45, 2.75) is 154 Å². The summed E-state index contributed by atoms with van der Waals surface area (Å²) in [4.78, 5) is 41.5. The predicted octanol–water partition coefficient (Wildman–Crippen LogP) is 7.77. The van der Waals surface area contributed by atoms with Crippen molar-refractivity contribution < 1.29 is 19.3 Å². The molecule has 48 heavy (non-hydrogen) atoms. The van der Waals surface area contributed by atoms with E-state index in [1.165, 1.54) is 0 Å². The number of unbranched alkanes of at least 4 members (excludes halogenated alkanes) is 3. The fourth-order valence-corrected chi connectivity index (χ4v) is 8.60. The van der Waals surface area contributed by atoms with Crippen LogP contribution in [-0.4, -0.2) is 80.1 Å².